The van der Waals surface area contributed by atoms with Gasteiger partial charge in [-0.1, -0.05) is 0 Å². The molecule has 0 radical (unpaired) electrons. The molecule has 0 saturated heterocycles. The Morgan fingerprint density at radius 1 is 0.569 bits per heavy atom. The van der Waals surface area contributed by atoms with Crippen LogP contribution in [0.4, 0.5) is 0 Å². The Labute approximate surface area is 311 Å². The van der Waals surface area contributed by atoms with Crippen molar-refractivity contribution in [2.24, 2.45) is 0 Å². The maximum atomic E-state index is 13.3. The van der Waals surface area contributed by atoms with Gasteiger partial charge in [0.1, 0.15) is 36.9 Å². The molecule has 19 heteroatoms. The Balaban J connectivity index is 1.77. The highest BCUT2D eigenvalue weighted by Gasteiger charge is 2.19. The van der Waals surface area contributed by atoms with Gasteiger partial charge in [-0.25, -0.2) is 25.3 Å². The number of sulfone groups is 1. The molecule has 292 valence electrons. The highest BCUT2D eigenvalue weighted by atomic mass is 32.2. The second-order valence-electron chi connectivity index (χ2n) is 10.8. The zero-order valence-electron chi connectivity index (χ0n) is 28.8. The largest absolute Gasteiger partial charge is 0.748 e. The molecule has 2 aromatic rings. The van der Waals surface area contributed by atoms with Crippen LogP contribution in [0.2, 0.25) is 0 Å². The predicted octanol–water partition coefficient (Wildman–Crippen LogP) is 3.46. The topological polar surface area (TPSA) is 204 Å². The summed E-state index contributed by atoms with van der Waals surface area (Å²) in [7, 11) is -12.2. The minimum absolute atomic E-state index is 0.0985. The molecule has 0 heterocycles. The van der Waals surface area contributed by atoms with Crippen LogP contribution in [0.3, 0.4) is 0 Å². The van der Waals surface area contributed by atoms with Gasteiger partial charge >= 0.3 is 0 Å². The monoisotopic (exact) mass is 816 g/mol. The van der Waals surface area contributed by atoms with E-state index >= 15 is 0 Å². The average molecular weight is 817 g/mol. The van der Waals surface area contributed by atoms with Crippen molar-refractivity contribution in [3.8, 4) is 11.5 Å². The van der Waals surface area contributed by atoms with Crippen molar-refractivity contribution in [3.05, 3.63) is 48.5 Å². The van der Waals surface area contributed by atoms with E-state index in [1.807, 2.05) is 13.8 Å². The lowest BCUT2D eigenvalue weighted by molar-refractivity contribution is -0.0325. The fourth-order valence-electron chi connectivity index (χ4n) is 4.19. The van der Waals surface area contributed by atoms with Crippen molar-refractivity contribution in [2.75, 3.05) is 87.4 Å². The van der Waals surface area contributed by atoms with Crippen LogP contribution in [0.25, 0.3) is 0 Å². The highest BCUT2D eigenvalue weighted by molar-refractivity contribution is 8.00. The molecular formula is C32H48O14S5-2. The molecule has 51 heavy (non-hydrogen) atoms. The molecule has 0 saturated carbocycles. The standard InChI is InChI=1S/C32H50O14S5/c1-3-43-29(23-41-15-5-17-47-19-21-49(33,34)35)25-45-27-7-11-31(12-8-27)51(39,40)32-13-9-28(10-14-32)46-26-30(44-4-2)24-42-16-6-18-48-20-22-50(36,37)38/h7-14,29-30H,3-6,15-26H2,1-2H3,(H,33,34,35)(H,36,37,38)/p-2. The first-order valence-electron chi connectivity index (χ1n) is 16.4. The van der Waals surface area contributed by atoms with Crippen LogP contribution in [0.1, 0.15) is 26.7 Å². The first-order chi connectivity index (χ1) is 24.2. The quantitative estimate of drug-likeness (QED) is 0.0818. The maximum absolute atomic E-state index is 13.3. The maximum Gasteiger partial charge on any atom is 0.206 e. The van der Waals surface area contributed by atoms with Gasteiger partial charge in [-0.3, -0.25) is 0 Å². The summed E-state index contributed by atoms with van der Waals surface area (Å²) in [4.78, 5) is 0.197. The third kappa shape index (κ3) is 21.0. The van der Waals surface area contributed by atoms with Gasteiger partial charge in [-0.2, -0.15) is 23.5 Å². The van der Waals surface area contributed by atoms with E-state index in [0.717, 1.165) is 0 Å². The molecule has 2 atom stereocenters. The zero-order chi connectivity index (χ0) is 37.6. The third-order valence-corrected chi connectivity index (χ3v) is 12.5. The molecule has 0 aromatic heterocycles. The van der Waals surface area contributed by atoms with Gasteiger partial charge in [0.05, 0.1) is 43.2 Å². The zero-order valence-corrected chi connectivity index (χ0v) is 32.9. The van der Waals surface area contributed by atoms with Crippen molar-refractivity contribution < 1.29 is 62.8 Å². The van der Waals surface area contributed by atoms with Gasteiger partial charge in [-0.15, -0.1) is 0 Å². The summed E-state index contributed by atoms with van der Waals surface area (Å²) in [6, 6.07) is 12.2. The van der Waals surface area contributed by atoms with E-state index in [2.05, 4.69) is 0 Å². The van der Waals surface area contributed by atoms with Crippen LogP contribution in [-0.2, 0) is 49.0 Å². The van der Waals surface area contributed by atoms with Gasteiger partial charge in [0.15, 0.2) is 0 Å². The SMILES string of the molecule is CCOC(COCCCSCCS(=O)(=O)[O-])COc1ccc(S(=O)(=O)c2ccc(OCC(COCCCSCCS(=O)(=O)[O-])OCC)cc2)cc1. The van der Waals surface area contributed by atoms with E-state index in [9.17, 15) is 34.4 Å². The third-order valence-electron chi connectivity index (χ3n) is 6.66. The second kappa shape index (κ2) is 24.6. The van der Waals surface area contributed by atoms with E-state index in [0.29, 0.717) is 62.3 Å². The van der Waals surface area contributed by atoms with Gasteiger partial charge in [-0.05, 0) is 86.7 Å². The number of ether oxygens (including phenoxy) is 6. The van der Waals surface area contributed by atoms with Gasteiger partial charge in [0.2, 0.25) is 9.84 Å². The molecule has 0 N–H and O–H groups in total. The molecular weight excluding hydrogens is 769 g/mol. The fourth-order valence-corrected chi connectivity index (χ4v) is 9.08. The molecule has 2 unspecified atom stereocenters. The smallest absolute Gasteiger partial charge is 0.206 e. The molecule has 0 aliphatic rings. The lowest BCUT2D eigenvalue weighted by Crippen LogP contribution is -2.27. The Kier molecular flexibility index (Phi) is 22.0. The highest BCUT2D eigenvalue weighted by Crippen LogP contribution is 2.25. The van der Waals surface area contributed by atoms with Gasteiger partial charge in [0.25, 0.3) is 0 Å². The number of hydrogen-bond acceptors (Lipinski definition) is 16. The number of benzene rings is 2. The molecule has 2 rings (SSSR count). The summed E-state index contributed by atoms with van der Waals surface area (Å²) >= 11 is 2.76. The summed E-state index contributed by atoms with van der Waals surface area (Å²) in [5.74, 6) is 2.00. The minimum atomic E-state index is -4.19. The van der Waals surface area contributed by atoms with Crippen LogP contribution >= 0.6 is 23.5 Å². The average Bonchev–Trinajstić information content (AvgIpc) is 3.07. The van der Waals surface area contributed by atoms with E-state index in [1.54, 1.807) is 24.3 Å². The molecule has 14 nitrogen and oxygen atoms in total. The number of rotatable bonds is 30. The van der Waals surface area contributed by atoms with E-state index in [4.69, 9.17) is 28.4 Å². The summed E-state index contributed by atoms with van der Waals surface area (Å²) in [5.41, 5.74) is 0. The van der Waals surface area contributed by atoms with Crippen molar-refractivity contribution in [3.63, 3.8) is 0 Å². The van der Waals surface area contributed by atoms with Crippen LogP contribution in [0.5, 0.6) is 11.5 Å². The Morgan fingerprint density at radius 2 is 0.941 bits per heavy atom. The summed E-state index contributed by atoms with van der Waals surface area (Å²) in [5, 5.41) is 0. The molecule has 0 bridgehead atoms. The van der Waals surface area contributed by atoms with Crippen LogP contribution < -0.4 is 9.47 Å². The molecule has 0 amide bonds. The van der Waals surface area contributed by atoms with Crippen molar-refractivity contribution in [1.29, 1.82) is 0 Å². The van der Waals surface area contributed by atoms with Gasteiger partial charge in [0, 0.05) is 49.4 Å². The second-order valence-corrected chi connectivity index (χ2v) is 18.3. The Morgan fingerprint density at radius 3 is 1.27 bits per heavy atom. The first kappa shape index (κ1) is 45.5. The normalized spacial score (nSPS) is 13.6. The van der Waals surface area contributed by atoms with Crippen molar-refractivity contribution >= 4 is 53.6 Å². The minimum Gasteiger partial charge on any atom is -0.748 e. The molecule has 2 aromatic carbocycles. The van der Waals surface area contributed by atoms with Crippen molar-refractivity contribution in [2.45, 2.75) is 48.7 Å². The first-order valence-corrected chi connectivity index (χ1v) is 23.3. The number of hydrogen-bond donors (Lipinski definition) is 0. The van der Waals surface area contributed by atoms with Gasteiger partial charge < -0.3 is 37.5 Å². The lowest BCUT2D eigenvalue weighted by atomic mass is 10.3. The van der Waals surface area contributed by atoms with Crippen LogP contribution in [-0.4, -0.2) is 134 Å². The van der Waals surface area contributed by atoms with Crippen LogP contribution in [0.15, 0.2) is 58.3 Å². The predicted molar refractivity (Wildman–Crippen MR) is 195 cm³/mol. The van der Waals surface area contributed by atoms with E-state index in [-0.39, 0.29) is 71.4 Å². The molecule has 0 aliphatic carbocycles. The fraction of sp³-hybridized carbons (Fsp3) is 0.625. The Bertz CT molecular complexity index is 1440. The van der Waals surface area contributed by atoms with Crippen molar-refractivity contribution in [1.82, 2.24) is 0 Å². The summed E-state index contributed by atoms with van der Waals surface area (Å²) in [6.07, 6.45) is 0.673. The van der Waals surface area contributed by atoms with Crippen LogP contribution in [0, 0.1) is 0 Å². The molecule has 0 aliphatic heterocycles. The lowest BCUT2D eigenvalue weighted by Gasteiger charge is -2.18. The summed E-state index contributed by atoms with van der Waals surface area (Å²) < 4.78 is 125. The number of thioether (sulfide) groups is 2. The Hall–Kier alpha value is -1.65. The molecule has 0 fully saturated rings. The summed E-state index contributed by atoms with van der Waals surface area (Å²) in [6.45, 7) is 6.42. The van der Waals surface area contributed by atoms with E-state index in [1.165, 1.54) is 47.8 Å². The molecule has 0 spiro atoms. The van der Waals surface area contributed by atoms with E-state index < -0.39 is 30.1 Å².